The van der Waals surface area contributed by atoms with Gasteiger partial charge in [0, 0.05) is 0 Å². The van der Waals surface area contributed by atoms with Crippen LogP contribution in [0.15, 0.2) is 84.9 Å². The van der Waals surface area contributed by atoms with E-state index in [9.17, 15) is 0 Å². The standard InChI is InChI=1S/C30H22/c1-2-7-21-14-26-18-30-22(15-25(26)13-20(21)6-1)11-12-24-16-28-23(17-29(24)30)10-9-19-5-3-4-8-27(19)28/h1-2,6-7,9-18H,3-5,8H2. The predicted octanol–water partition coefficient (Wildman–Crippen LogP) is 8.33. The molecule has 0 nitrogen and oxygen atoms in total. The van der Waals surface area contributed by atoms with E-state index in [2.05, 4.69) is 84.9 Å². The summed E-state index contributed by atoms with van der Waals surface area (Å²) in [5.74, 6) is 0. The second kappa shape index (κ2) is 6.06. The molecule has 0 aromatic heterocycles. The Morgan fingerprint density at radius 2 is 0.933 bits per heavy atom. The van der Waals surface area contributed by atoms with E-state index in [1.54, 1.807) is 11.1 Å². The van der Waals surface area contributed by atoms with Crippen LogP contribution in [-0.2, 0) is 12.8 Å². The lowest BCUT2D eigenvalue weighted by molar-refractivity contribution is 0.690. The third kappa shape index (κ3) is 2.34. The maximum Gasteiger partial charge on any atom is -0.00988 e. The molecule has 0 heteroatoms. The van der Waals surface area contributed by atoms with E-state index in [-0.39, 0.29) is 0 Å². The van der Waals surface area contributed by atoms with Gasteiger partial charge in [0.15, 0.2) is 0 Å². The molecule has 0 aliphatic heterocycles. The van der Waals surface area contributed by atoms with Crippen LogP contribution in [0.5, 0.6) is 0 Å². The number of fused-ring (bicyclic) bond motifs is 8. The minimum absolute atomic E-state index is 1.23. The Hall–Kier alpha value is -3.38. The first-order chi connectivity index (χ1) is 14.8. The van der Waals surface area contributed by atoms with Crippen LogP contribution >= 0.6 is 0 Å². The predicted molar refractivity (Wildman–Crippen MR) is 131 cm³/mol. The molecular weight excluding hydrogens is 360 g/mol. The maximum absolute atomic E-state index is 2.44. The van der Waals surface area contributed by atoms with E-state index >= 15 is 0 Å². The number of hydrogen-bond acceptors (Lipinski definition) is 0. The molecule has 1 aliphatic rings. The van der Waals surface area contributed by atoms with Gasteiger partial charge in [0.05, 0.1) is 0 Å². The zero-order valence-corrected chi connectivity index (χ0v) is 16.9. The third-order valence-electron chi connectivity index (χ3n) is 7.13. The first-order valence-electron chi connectivity index (χ1n) is 11.1. The SMILES string of the molecule is c1ccc2cc3cc4c(ccc5cc6c7c(ccc6cc54)CCCC7)cc3cc2c1. The van der Waals surface area contributed by atoms with Gasteiger partial charge in [-0.2, -0.15) is 0 Å². The molecule has 0 fully saturated rings. The molecule has 0 amide bonds. The van der Waals surface area contributed by atoms with Crippen molar-refractivity contribution in [3.63, 3.8) is 0 Å². The quantitative estimate of drug-likeness (QED) is 0.183. The van der Waals surface area contributed by atoms with Crippen molar-refractivity contribution in [2.45, 2.75) is 25.7 Å². The number of aryl methyl sites for hydroxylation is 2. The molecule has 0 spiro atoms. The van der Waals surface area contributed by atoms with Crippen molar-refractivity contribution >= 4 is 53.9 Å². The highest BCUT2D eigenvalue weighted by atomic mass is 14.2. The van der Waals surface area contributed by atoms with Gasteiger partial charge in [-0.1, -0.05) is 48.5 Å². The zero-order chi connectivity index (χ0) is 19.7. The van der Waals surface area contributed by atoms with Crippen molar-refractivity contribution in [3.05, 3.63) is 96.1 Å². The lowest BCUT2D eigenvalue weighted by Gasteiger charge is -2.18. The van der Waals surface area contributed by atoms with Crippen LogP contribution < -0.4 is 0 Å². The summed E-state index contributed by atoms with van der Waals surface area (Å²) in [6.45, 7) is 0. The van der Waals surface area contributed by atoms with Gasteiger partial charge in [0.2, 0.25) is 0 Å². The average Bonchev–Trinajstić information content (AvgIpc) is 2.80. The molecule has 6 aromatic rings. The van der Waals surface area contributed by atoms with Crippen LogP contribution in [0.2, 0.25) is 0 Å². The van der Waals surface area contributed by atoms with E-state index in [0.29, 0.717) is 0 Å². The Kier molecular flexibility index (Phi) is 3.32. The molecule has 0 radical (unpaired) electrons. The lowest BCUT2D eigenvalue weighted by Crippen LogP contribution is -2.02. The van der Waals surface area contributed by atoms with E-state index in [0.717, 1.165) is 0 Å². The first-order valence-corrected chi connectivity index (χ1v) is 11.1. The van der Waals surface area contributed by atoms with Crippen LogP contribution in [0.25, 0.3) is 53.9 Å². The Labute approximate surface area is 175 Å². The highest BCUT2D eigenvalue weighted by Gasteiger charge is 2.13. The van der Waals surface area contributed by atoms with Gasteiger partial charge in [0.25, 0.3) is 0 Å². The first kappa shape index (κ1) is 16.4. The fraction of sp³-hybridized carbons (Fsp3) is 0.133. The topological polar surface area (TPSA) is 0 Å². The molecule has 0 bridgehead atoms. The van der Waals surface area contributed by atoms with Crippen molar-refractivity contribution < 1.29 is 0 Å². The summed E-state index contributed by atoms with van der Waals surface area (Å²) in [6, 6.07) is 32.2. The molecule has 0 heterocycles. The summed E-state index contributed by atoms with van der Waals surface area (Å²) in [5, 5.41) is 13.5. The molecule has 6 aromatic carbocycles. The molecule has 0 N–H and O–H groups in total. The average molecular weight is 383 g/mol. The van der Waals surface area contributed by atoms with Crippen LogP contribution in [0.1, 0.15) is 24.0 Å². The maximum atomic E-state index is 2.44. The van der Waals surface area contributed by atoms with Gasteiger partial charge in [-0.15, -0.1) is 0 Å². The van der Waals surface area contributed by atoms with Crippen LogP contribution in [-0.4, -0.2) is 0 Å². The highest BCUT2D eigenvalue weighted by Crippen LogP contribution is 2.36. The van der Waals surface area contributed by atoms with E-state index in [4.69, 9.17) is 0 Å². The van der Waals surface area contributed by atoms with Gasteiger partial charge < -0.3 is 0 Å². The normalized spacial score (nSPS) is 14.1. The Balaban J connectivity index is 1.56. The highest BCUT2D eigenvalue weighted by molar-refractivity contribution is 6.16. The van der Waals surface area contributed by atoms with Gasteiger partial charge in [-0.05, 0) is 127 Å². The van der Waals surface area contributed by atoms with Gasteiger partial charge >= 0.3 is 0 Å². The van der Waals surface area contributed by atoms with Crippen molar-refractivity contribution in [1.29, 1.82) is 0 Å². The Morgan fingerprint density at radius 3 is 1.73 bits per heavy atom. The molecule has 0 atom stereocenters. The molecule has 0 saturated carbocycles. The lowest BCUT2D eigenvalue weighted by atomic mass is 9.86. The van der Waals surface area contributed by atoms with Crippen LogP contribution in [0.3, 0.4) is 0 Å². The third-order valence-corrected chi connectivity index (χ3v) is 7.13. The molecule has 1 aliphatic carbocycles. The summed E-state index contributed by atoms with van der Waals surface area (Å²) in [6.07, 6.45) is 5.12. The fourth-order valence-electron chi connectivity index (χ4n) is 5.57. The van der Waals surface area contributed by atoms with Crippen LogP contribution in [0, 0.1) is 0 Å². The van der Waals surface area contributed by atoms with Crippen molar-refractivity contribution in [3.8, 4) is 0 Å². The molecule has 0 saturated heterocycles. The van der Waals surface area contributed by atoms with E-state index < -0.39 is 0 Å². The summed E-state index contributed by atoms with van der Waals surface area (Å²) in [4.78, 5) is 0. The van der Waals surface area contributed by atoms with E-state index in [1.807, 2.05) is 0 Å². The van der Waals surface area contributed by atoms with Gasteiger partial charge in [-0.25, -0.2) is 0 Å². The van der Waals surface area contributed by atoms with Gasteiger partial charge in [0.1, 0.15) is 0 Å². The smallest absolute Gasteiger partial charge is 0.00988 e. The molecule has 30 heavy (non-hydrogen) atoms. The molecule has 0 unspecified atom stereocenters. The van der Waals surface area contributed by atoms with Crippen molar-refractivity contribution in [2.24, 2.45) is 0 Å². The number of hydrogen-bond donors (Lipinski definition) is 0. The number of benzene rings is 6. The second-order valence-electron chi connectivity index (χ2n) is 8.89. The van der Waals surface area contributed by atoms with Crippen molar-refractivity contribution in [1.82, 2.24) is 0 Å². The van der Waals surface area contributed by atoms with Gasteiger partial charge in [-0.3, -0.25) is 0 Å². The minimum atomic E-state index is 1.23. The molecule has 142 valence electrons. The zero-order valence-electron chi connectivity index (χ0n) is 16.9. The number of rotatable bonds is 0. The van der Waals surface area contributed by atoms with E-state index in [1.165, 1.54) is 79.5 Å². The Bertz CT molecular complexity index is 1640. The monoisotopic (exact) mass is 382 g/mol. The summed E-state index contributed by atoms with van der Waals surface area (Å²) >= 11 is 0. The minimum Gasteiger partial charge on any atom is -0.0616 e. The molecule has 7 rings (SSSR count). The second-order valence-corrected chi connectivity index (χ2v) is 8.89. The largest absolute Gasteiger partial charge is 0.0616 e. The summed E-state index contributed by atoms with van der Waals surface area (Å²) in [7, 11) is 0. The summed E-state index contributed by atoms with van der Waals surface area (Å²) in [5.41, 5.74) is 3.15. The fourth-order valence-corrected chi connectivity index (χ4v) is 5.57. The Morgan fingerprint density at radius 1 is 0.400 bits per heavy atom. The molecular formula is C30H22. The summed E-state index contributed by atoms with van der Waals surface area (Å²) < 4.78 is 0. The van der Waals surface area contributed by atoms with Crippen LogP contribution in [0.4, 0.5) is 0 Å². The van der Waals surface area contributed by atoms with Crippen molar-refractivity contribution in [2.75, 3.05) is 0 Å².